The molecule has 0 aromatic carbocycles. The van der Waals surface area contributed by atoms with Gasteiger partial charge in [-0.2, -0.15) is 0 Å². The van der Waals surface area contributed by atoms with E-state index in [4.69, 9.17) is 5.73 Å². The lowest BCUT2D eigenvalue weighted by molar-refractivity contribution is 0.147. The third kappa shape index (κ3) is 4.23. The predicted octanol–water partition coefficient (Wildman–Crippen LogP) is 1.78. The maximum Gasteiger partial charge on any atom is 0.0223 e. The summed E-state index contributed by atoms with van der Waals surface area (Å²) in [5.41, 5.74) is 6.17. The number of rotatable bonds is 7. The van der Waals surface area contributed by atoms with Crippen molar-refractivity contribution in [3.63, 3.8) is 0 Å². The molecule has 0 bridgehead atoms. The van der Waals surface area contributed by atoms with Crippen molar-refractivity contribution in [2.75, 3.05) is 39.8 Å². The Morgan fingerprint density at radius 3 is 2.65 bits per heavy atom. The Morgan fingerprint density at radius 1 is 1.41 bits per heavy atom. The van der Waals surface area contributed by atoms with Crippen LogP contribution in [0.15, 0.2) is 0 Å². The molecule has 17 heavy (non-hydrogen) atoms. The molecule has 1 aliphatic rings. The van der Waals surface area contributed by atoms with Gasteiger partial charge in [0.25, 0.3) is 0 Å². The van der Waals surface area contributed by atoms with Crippen LogP contribution in [-0.4, -0.2) is 55.6 Å². The van der Waals surface area contributed by atoms with Crippen molar-refractivity contribution >= 4 is 0 Å². The van der Waals surface area contributed by atoms with E-state index in [-0.39, 0.29) is 5.41 Å². The van der Waals surface area contributed by atoms with Crippen molar-refractivity contribution in [2.45, 2.75) is 46.1 Å². The summed E-state index contributed by atoms with van der Waals surface area (Å²) in [6, 6.07) is 0.767. The van der Waals surface area contributed by atoms with Crippen molar-refractivity contribution in [2.24, 2.45) is 11.1 Å². The van der Waals surface area contributed by atoms with E-state index in [2.05, 4.69) is 37.6 Å². The maximum absolute atomic E-state index is 5.89. The van der Waals surface area contributed by atoms with Crippen molar-refractivity contribution in [1.29, 1.82) is 0 Å². The summed E-state index contributed by atoms with van der Waals surface area (Å²) < 4.78 is 0. The first-order chi connectivity index (χ1) is 8.04. The summed E-state index contributed by atoms with van der Waals surface area (Å²) in [4.78, 5) is 5.09. The first-order valence-corrected chi connectivity index (χ1v) is 7.17. The summed E-state index contributed by atoms with van der Waals surface area (Å²) >= 11 is 0. The Kier molecular flexibility index (Phi) is 5.90. The molecule has 1 aliphatic heterocycles. The molecule has 0 aliphatic carbocycles. The van der Waals surface area contributed by atoms with Crippen LogP contribution in [-0.2, 0) is 0 Å². The van der Waals surface area contributed by atoms with Gasteiger partial charge in [-0.25, -0.2) is 0 Å². The van der Waals surface area contributed by atoms with E-state index >= 15 is 0 Å². The molecule has 1 fully saturated rings. The Bertz CT molecular complexity index is 214. The zero-order valence-electron chi connectivity index (χ0n) is 12.2. The molecule has 0 aromatic rings. The molecule has 2 unspecified atom stereocenters. The molecular formula is C14H31N3. The molecule has 1 saturated heterocycles. The highest BCUT2D eigenvalue weighted by Crippen LogP contribution is 2.22. The van der Waals surface area contributed by atoms with Crippen molar-refractivity contribution in [3.05, 3.63) is 0 Å². The summed E-state index contributed by atoms with van der Waals surface area (Å²) in [5, 5.41) is 0. The van der Waals surface area contributed by atoms with E-state index in [1.807, 2.05) is 0 Å². The van der Waals surface area contributed by atoms with E-state index in [9.17, 15) is 0 Å². The second-order valence-electron chi connectivity index (χ2n) is 5.99. The van der Waals surface area contributed by atoms with Crippen LogP contribution < -0.4 is 5.73 Å². The molecule has 0 radical (unpaired) electrons. The smallest absolute Gasteiger partial charge is 0.0223 e. The van der Waals surface area contributed by atoms with Crippen molar-refractivity contribution in [3.8, 4) is 0 Å². The second-order valence-corrected chi connectivity index (χ2v) is 5.99. The van der Waals surface area contributed by atoms with E-state index < -0.39 is 0 Å². The van der Waals surface area contributed by atoms with Crippen LogP contribution in [0.2, 0.25) is 0 Å². The fourth-order valence-electron chi connectivity index (χ4n) is 2.91. The topological polar surface area (TPSA) is 32.5 Å². The van der Waals surface area contributed by atoms with Gasteiger partial charge in [-0.05, 0) is 51.4 Å². The molecule has 1 rings (SSSR count). The van der Waals surface area contributed by atoms with Crippen LogP contribution in [0.4, 0.5) is 0 Å². The molecule has 3 nitrogen and oxygen atoms in total. The van der Waals surface area contributed by atoms with Crippen LogP contribution in [0.25, 0.3) is 0 Å². The number of hydrogen-bond donors (Lipinski definition) is 1. The van der Waals surface area contributed by atoms with Crippen molar-refractivity contribution in [1.82, 2.24) is 9.80 Å². The van der Waals surface area contributed by atoms with Crippen LogP contribution in [0, 0.1) is 5.41 Å². The highest BCUT2D eigenvalue weighted by molar-refractivity contribution is 4.83. The molecular weight excluding hydrogens is 210 g/mol. The Balaban J connectivity index is 2.40. The first-order valence-electron chi connectivity index (χ1n) is 7.17. The lowest BCUT2D eigenvalue weighted by atomic mass is 9.87. The quantitative estimate of drug-likeness (QED) is 0.737. The van der Waals surface area contributed by atoms with Gasteiger partial charge < -0.3 is 10.6 Å². The van der Waals surface area contributed by atoms with Gasteiger partial charge in [0.2, 0.25) is 0 Å². The second kappa shape index (κ2) is 6.72. The molecule has 102 valence electrons. The van der Waals surface area contributed by atoms with Crippen LogP contribution in [0.3, 0.4) is 0 Å². The van der Waals surface area contributed by atoms with E-state index in [1.165, 1.54) is 32.5 Å². The normalized spacial score (nSPS) is 25.4. The number of nitrogens with zero attached hydrogens (tertiary/aromatic N) is 2. The molecule has 0 amide bonds. The monoisotopic (exact) mass is 241 g/mol. The highest BCUT2D eigenvalue weighted by atomic mass is 15.2. The minimum Gasteiger partial charge on any atom is -0.330 e. The van der Waals surface area contributed by atoms with Gasteiger partial charge in [0.15, 0.2) is 0 Å². The van der Waals surface area contributed by atoms with Gasteiger partial charge in [-0.1, -0.05) is 20.8 Å². The Morgan fingerprint density at radius 2 is 2.12 bits per heavy atom. The number of hydrogen-bond acceptors (Lipinski definition) is 3. The van der Waals surface area contributed by atoms with E-state index in [0.717, 1.165) is 25.6 Å². The molecule has 0 saturated carbocycles. The SMILES string of the molecule is CCN1CCCC1CN(C)CC(C)(CC)CN. The molecule has 2 N–H and O–H groups in total. The highest BCUT2D eigenvalue weighted by Gasteiger charge is 2.27. The maximum atomic E-state index is 5.89. The van der Waals surface area contributed by atoms with Crippen molar-refractivity contribution < 1.29 is 0 Å². The average molecular weight is 241 g/mol. The Labute approximate surface area is 107 Å². The van der Waals surface area contributed by atoms with E-state index in [1.54, 1.807) is 0 Å². The van der Waals surface area contributed by atoms with Gasteiger partial charge in [0.05, 0.1) is 0 Å². The van der Waals surface area contributed by atoms with Crippen LogP contribution in [0.1, 0.15) is 40.0 Å². The first kappa shape index (κ1) is 14.9. The van der Waals surface area contributed by atoms with Gasteiger partial charge in [0.1, 0.15) is 0 Å². The summed E-state index contributed by atoms with van der Waals surface area (Å²) in [7, 11) is 2.25. The van der Waals surface area contributed by atoms with Gasteiger partial charge in [-0.15, -0.1) is 0 Å². The predicted molar refractivity (Wildman–Crippen MR) is 75.2 cm³/mol. The van der Waals surface area contributed by atoms with Crippen LogP contribution >= 0.6 is 0 Å². The molecule has 0 spiro atoms. The Hall–Kier alpha value is -0.120. The minimum absolute atomic E-state index is 0.282. The lowest BCUT2D eigenvalue weighted by Gasteiger charge is -2.34. The van der Waals surface area contributed by atoms with Gasteiger partial charge >= 0.3 is 0 Å². The summed E-state index contributed by atoms with van der Waals surface area (Å²) in [6.45, 7) is 12.4. The number of likely N-dealkylation sites (N-methyl/N-ethyl adjacent to an activating group) is 2. The lowest BCUT2D eigenvalue weighted by Crippen LogP contribution is -2.44. The number of likely N-dealkylation sites (tertiary alicyclic amines) is 1. The molecule has 2 atom stereocenters. The molecule has 3 heteroatoms. The third-order valence-electron chi connectivity index (χ3n) is 4.43. The zero-order valence-corrected chi connectivity index (χ0v) is 12.2. The fraction of sp³-hybridized carbons (Fsp3) is 1.00. The van der Waals surface area contributed by atoms with Gasteiger partial charge in [0, 0.05) is 19.1 Å². The molecule has 0 aromatic heterocycles. The largest absolute Gasteiger partial charge is 0.330 e. The molecule has 1 heterocycles. The van der Waals surface area contributed by atoms with Crippen LogP contribution in [0.5, 0.6) is 0 Å². The fourth-order valence-corrected chi connectivity index (χ4v) is 2.91. The minimum atomic E-state index is 0.282. The average Bonchev–Trinajstić information content (AvgIpc) is 2.75. The third-order valence-corrected chi connectivity index (χ3v) is 4.43. The standard InChI is InChI=1S/C14H31N3/c1-5-14(3,11-15)12-16(4)10-13-8-7-9-17(13)6-2/h13H,5-12,15H2,1-4H3. The summed E-state index contributed by atoms with van der Waals surface area (Å²) in [5.74, 6) is 0. The van der Waals surface area contributed by atoms with E-state index in [0.29, 0.717) is 0 Å². The zero-order chi connectivity index (χ0) is 12.9. The van der Waals surface area contributed by atoms with Gasteiger partial charge in [-0.3, -0.25) is 4.90 Å². The summed E-state index contributed by atoms with van der Waals surface area (Å²) in [6.07, 6.45) is 3.90. The number of nitrogens with two attached hydrogens (primary N) is 1.